The van der Waals surface area contributed by atoms with Gasteiger partial charge in [0, 0.05) is 47.2 Å². The van der Waals surface area contributed by atoms with E-state index in [0.717, 1.165) is 21.9 Å². The third-order valence-corrected chi connectivity index (χ3v) is 4.94. The van der Waals surface area contributed by atoms with Crippen LogP contribution in [0.1, 0.15) is 0 Å². The van der Waals surface area contributed by atoms with E-state index in [4.69, 9.17) is 19.2 Å². The van der Waals surface area contributed by atoms with Crippen LogP contribution in [-0.4, -0.2) is 34.2 Å². The van der Waals surface area contributed by atoms with Crippen molar-refractivity contribution in [3.63, 3.8) is 0 Å². The number of hydrogen-bond donors (Lipinski definition) is 0. The molecule has 0 aliphatic rings. The van der Waals surface area contributed by atoms with E-state index in [0.29, 0.717) is 34.3 Å². The summed E-state index contributed by atoms with van der Waals surface area (Å²) >= 11 is 0. The molecule has 7 nitrogen and oxygen atoms in total. The topological polar surface area (TPSA) is 79.3 Å². The van der Waals surface area contributed by atoms with Gasteiger partial charge in [-0.1, -0.05) is 0 Å². The van der Waals surface area contributed by atoms with Crippen molar-refractivity contribution in [2.45, 2.75) is 0 Å². The van der Waals surface area contributed by atoms with Crippen molar-refractivity contribution in [1.82, 2.24) is 19.9 Å². The number of methoxy groups -OCH3 is 2. The lowest BCUT2D eigenvalue weighted by Gasteiger charge is -2.15. The van der Waals surface area contributed by atoms with E-state index < -0.39 is 0 Å². The molecule has 0 saturated heterocycles. The number of rotatable bonds is 5. The van der Waals surface area contributed by atoms with E-state index in [9.17, 15) is 0 Å². The summed E-state index contributed by atoms with van der Waals surface area (Å²) < 4.78 is 17.3. The zero-order valence-corrected chi connectivity index (χ0v) is 16.9. The second-order valence-corrected chi connectivity index (χ2v) is 6.76. The van der Waals surface area contributed by atoms with Gasteiger partial charge in [0.25, 0.3) is 0 Å². The molecule has 5 rings (SSSR count). The van der Waals surface area contributed by atoms with Gasteiger partial charge in [-0.15, -0.1) is 0 Å². The fourth-order valence-electron chi connectivity index (χ4n) is 3.44. The van der Waals surface area contributed by atoms with Gasteiger partial charge >= 0.3 is 0 Å². The molecule has 0 fully saturated rings. The second kappa shape index (κ2) is 7.87. The van der Waals surface area contributed by atoms with E-state index in [1.165, 1.54) is 0 Å². The van der Waals surface area contributed by atoms with Crippen LogP contribution in [0.5, 0.6) is 23.0 Å². The molecule has 31 heavy (non-hydrogen) atoms. The molecule has 0 radical (unpaired) electrons. The molecule has 1 aromatic carbocycles. The highest BCUT2D eigenvalue weighted by atomic mass is 16.5. The standard InChI is InChI=1S/C24H18N4O3/c1-29-20-13-17-18(14-21(20)30-2)26-11-7-19(17)31-22-12-16-4-3-8-27-24(16)28-23(22)15-5-9-25-10-6-15/h3-14H,1-2H3. The van der Waals surface area contributed by atoms with Crippen LogP contribution in [0.3, 0.4) is 0 Å². The Morgan fingerprint density at radius 3 is 2.32 bits per heavy atom. The zero-order valence-electron chi connectivity index (χ0n) is 16.9. The average molecular weight is 410 g/mol. The fraction of sp³-hybridized carbons (Fsp3) is 0.0833. The third-order valence-electron chi connectivity index (χ3n) is 4.94. The van der Waals surface area contributed by atoms with Gasteiger partial charge in [0.2, 0.25) is 0 Å². The number of pyridine rings is 4. The van der Waals surface area contributed by atoms with E-state index in [1.54, 1.807) is 39.0 Å². The Morgan fingerprint density at radius 2 is 1.52 bits per heavy atom. The molecule has 0 atom stereocenters. The van der Waals surface area contributed by atoms with Crippen LogP contribution in [0.15, 0.2) is 73.3 Å². The maximum atomic E-state index is 6.41. The quantitative estimate of drug-likeness (QED) is 0.401. The van der Waals surface area contributed by atoms with Crippen molar-refractivity contribution >= 4 is 21.9 Å². The van der Waals surface area contributed by atoms with Crippen molar-refractivity contribution in [1.29, 1.82) is 0 Å². The molecule has 0 spiro atoms. The van der Waals surface area contributed by atoms with Gasteiger partial charge in [-0.25, -0.2) is 9.97 Å². The lowest BCUT2D eigenvalue weighted by molar-refractivity contribution is 0.355. The smallest absolute Gasteiger partial charge is 0.162 e. The van der Waals surface area contributed by atoms with Crippen LogP contribution in [0, 0.1) is 0 Å². The molecule has 0 saturated carbocycles. The highest BCUT2D eigenvalue weighted by molar-refractivity contribution is 5.89. The normalized spacial score (nSPS) is 10.9. The Bertz CT molecular complexity index is 1390. The monoisotopic (exact) mass is 410 g/mol. The number of hydrogen-bond acceptors (Lipinski definition) is 7. The fourth-order valence-corrected chi connectivity index (χ4v) is 3.44. The minimum atomic E-state index is 0.600. The first kappa shape index (κ1) is 18.7. The SMILES string of the molecule is COc1cc2nccc(Oc3cc4cccnc4nc3-c3ccncc3)c2cc1OC. The Balaban J connectivity index is 1.69. The molecular formula is C24H18N4O3. The Kier molecular flexibility index (Phi) is 4.76. The van der Waals surface area contributed by atoms with Crippen LogP contribution in [0.25, 0.3) is 33.2 Å². The van der Waals surface area contributed by atoms with E-state index >= 15 is 0 Å². The number of ether oxygens (including phenoxy) is 3. The summed E-state index contributed by atoms with van der Waals surface area (Å²) in [5.41, 5.74) is 2.94. The summed E-state index contributed by atoms with van der Waals surface area (Å²) in [6.07, 6.45) is 6.87. The summed E-state index contributed by atoms with van der Waals surface area (Å²) in [6.45, 7) is 0. The van der Waals surface area contributed by atoms with Gasteiger partial charge in [0.15, 0.2) is 22.9 Å². The van der Waals surface area contributed by atoms with E-state index in [1.807, 2.05) is 48.5 Å². The summed E-state index contributed by atoms with van der Waals surface area (Å²) in [4.78, 5) is 17.7. The van der Waals surface area contributed by atoms with Crippen molar-refractivity contribution in [3.8, 4) is 34.3 Å². The van der Waals surface area contributed by atoms with Crippen molar-refractivity contribution in [2.24, 2.45) is 0 Å². The van der Waals surface area contributed by atoms with Gasteiger partial charge in [-0.3, -0.25) is 9.97 Å². The number of fused-ring (bicyclic) bond motifs is 2. The third kappa shape index (κ3) is 3.46. The highest BCUT2D eigenvalue weighted by Gasteiger charge is 2.15. The second-order valence-electron chi connectivity index (χ2n) is 6.76. The van der Waals surface area contributed by atoms with Crippen LogP contribution in [-0.2, 0) is 0 Å². The van der Waals surface area contributed by atoms with Crippen molar-refractivity contribution in [2.75, 3.05) is 14.2 Å². The van der Waals surface area contributed by atoms with E-state index in [2.05, 4.69) is 15.0 Å². The van der Waals surface area contributed by atoms with Gasteiger partial charge in [0.1, 0.15) is 11.4 Å². The highest BCUT2D eigenvalue weighted by Crippen LogP contribution is 2.39. The van der Waals surface area contributed by atoms with Crippen LogP contribution < -0.4 is 14.2 Å². The number of nitrogens with zero attached hydrogens (tertiary/aromatic N) is 4. The number of benzene rings is 1. The first-order valence-corrected chi connectivity index (χ1v) is 9.61. The summed E-state index contributed by atoms with van der Waals surface area (Å²) in [5.74, 6) is 2.44. The lowest BCUT2D eigenvalue weighted by Crippen LogP contribution is -1.96. The molecule has 5 aromatic rings. The summed E-state index contributed by atoms with van der Waals surface area (Å²) in [5, 5.41) is 1.68. The van der Waals surface area contributed by atoms with Gasteiger partial charge in [0.05, 0.1) is 19.7 Å². The zero-order chi connectivity index (χ0) is 21.2. The molecular weight excluding hydrogens is 392 g/mol. The van der Waals surface area contributed by atoms with Crippen LogP contribution >= 0.6 is 0 Å². The molecule has 7 heteroatoms. The minimum Gasteiger partial charge on any atom is -0.493 e. The van der Waals surface area contributed by atoms with Gasteiger partial charge in [-0.2, -0.15) is 0 Å². The minimum absolute atomic E-state index is 0.600. The predicted octanol–water partition coefficient (Wildman–Crippen LogP) is 5.05. The lowest BCUT2D eigenvalue weighted by atomic mass is 10.1. The number of aromatic nitrogens is 4. The first-order valence-electron chi connectivity index (χ1n) is 9.61. The Morgan fingerprint density at radius 1 is 0.710 bits per heavy atom. The molecule has 0 bridgehead atoms. The Labute approximate surface area is 178 Å². The molecule has 0 amide bonds. The van der Waals surface area contributed by atoms with Crippen molar-refractivity contribution in [3.05, 3.63) is 73.3 Å². The van der Waals surface area contributed by atoms with Crippen molar-refractivity contribution < 1.29 is 14.2 Å². The van der Waals surface area contributed by atoms with Crippen LogP contribution in [0.2, 0.25) is 0 Å². The van der Waals surface area contributed by atoms with Crippen LogP contribution in [0.4, 0.5) is 0 Å². The summed E-state index contributed by atoms with van der Waals surface area (Å²) in [6, 6.07) is 15.1. The average Bonchev–Trinajstić information content (AvgIpc) is 2.83. The molecule has 0 aliphatic carbocycles. The molecule has 4 aromatic heterocycles. The first-order chi connectivity index (χ1) is 15.3. The molecule has 0 N–H and O–H groups in total. The van der Waals surface area contributed by atoms with E-state index in [-0.39, 0.29) is 0 Å². The maximum absolute atomic E-state index is 6.41. The van der Waals surface area contributed by atoms with Gasteiger partial charge in [-0.05, 0) is 42.5 Å². The molecule has 0 aliphatic heterocycles. The van der Waals surface area contributed by atoms with Gasteiger partial charge < -0.3 is 14.2 Å². The Hall–Kier alpha value is -4.26. The summed E-state index contributed by atoms with van der Waals surface area (Å²) in [7, 11) is 3.20. The molecule has 152 valence electrons. The molecule has 0 unspecified atom stereocenters. The largest absolute Gasteiger partial charge is 0.493 e. The predicted molar refractivity (Wildman–Crippen MR) is 118 cm³/mol. The maximum Gasteiger partial charge on any atom is 0.162 e. The molecule has 4 heterocycles.